The van der Waals surface area contributed by atoms with Gasteiger partial charge in [0.2, 0.25) is 5.91 Å². The van der Waals surface area contributed by atoms with Crippen molar-refractivity contribution in [3.63, 3.8) is 0 Å². The van der Waals surface area contributed by atoms with E-state index in [1.54, 1.807) is 12.1 Å². The Kier molecular flexibility index (Phi) is 6.54. The molecule has 3 N–H and O–H groups in total. The van der Waals surface area contributed by atoms with E-state index in [-0.39, 0.29) is 23.6 Å². The molecule has 0 atom stereocenters. The Balaban J connectivity index is 2.13. The third-order valence-electron chi connectivity index (χ3n) is 3.68. The molecular weight excluding hydrogens is 366 g/mol. The second-order valence-corrected chi connectivity index (χ2v) is 5.41. The number of nitrogens with one attached hydrogen (secondary N) is 1. The molecule has 144 valence electrons. The van der Waals surface area contributed by atoms with Crippen LogP contribution in [0.2, 0.25) is 0 Å². The first-order chi connectivity index (χ1) is 13.4. The SMILES string of the molecule is COc1cc(C(=O)NCC#Cc2ccc(C(N)=O)cc2)c([N+](=O)[O-])cc1OC. The quantitative estimate of drug-likeness (QED) is 0.441. The summed E-state index contributed by atoms with van der Waals surface area (Å²) in [7, 11) is 2.70. The minimum atomic E-state index is -0.678. The number of methoxy groups -OCH3 is 2. The Bertz CT molecular complexity index is 974. The summed E-state index contributed by atoms with van der Waals surface area (Å²) < 4.78 is 10.1. The van der Waals surface area contributed by atoms with Gasteiger partial charge in [-0.15, -0.1) is 0 Å². The van der Waals surface area contributed by atoms with Gasteiger partial charge in [0.05, 0.1) is 31.8 Å². The van der Waals surface area contributed by atoms with Gasteiger partial charge in [0, 0.05) is 17.2 Å². The topological polar surface area (TPSA) is 134 Å². The van der Waals surface area contributed by atoms with Crippen molar-refractivity contribution in [2.45, 2.75) is 0 Å². The summed E-state index contributed by atoms with van der Waals surface area (Å²) in [6.07, 6.45) is 0. The van der Waals surface area contributed by atoms with E-state index in [0.29, 0.717) is 11.1 Å². The van der Waals surface area contributed by atoms with Crippen molar-refractivity contribution in [2.75, 3.05) is 20.8 Å². The molecule has 0 heterocycles. The number of nitrogens with two attached hydrogens (primary N) is 1. The Hall–Kier alpha value is -4.06. The molecule has 0 fully saturated rings. The lowest BCUT2D eigenvalue weighted by Gasteiger charge is -2.10. The maximum absolute atomic E-state index is 12.3. The summed E-state index contributed by atoms with van der Waals surface area (Å²) in [6, 6.07) is 8.68. The average Bonchev–Trinajstić information content (AvgIpc) is 2.70. The minimum absolute atomic E-state index is 0.0398. The van der Waals surface area contributed by atoms with Gasteiger partial charge < -0.3 is 20.5 Å². The smallest absolute Gasteiger partial charge is 0.286 e. The number of benzene rings is 2. The third kappa shape index (κ3) is 4.76. The van der Waals surface area contributed by atoms with E-state index in [1.165, 1.54) is 32.4 Å². The highest BCUT2D eigenvalue weighted by Crippen LogP contribution is 2.34. The zero-order valence-corrected chi connectivity index (χ0v) is 15.1. The van der Waals surface area contributed by atoms with E-state index >= 15 is 0 Å². The van der Waals surface area contributed by atoms with E-state index in [4.69, 9.17) is 15.2 Å². The maximum atomic E-state index is 12.3. The van der Waals surface area contributed by atoms with Gasteiger partial charge in [-0.2, -0.15) is 0 Å². The molecule has 2 rings (SSSR count). The molecule has 0 unspecified atom stereocenters. The number of amides is 2. The first kappa shape index (κ1) is 20.3. The molecule has 0 radical (unpaired) electrons. The molecule has 9 heteroatoms. The number of nitrogens with zero attached hydrogens (tertiary/aromatic N) is 1. The van der Waals surface area contributed by atoms with Crippen LogP contribution in [0.5, 0.6) is 11.5 Å². The molecule has 9 nitrogen and oxygen atoms in total. The molecule has 2 aromatic carbocycles. The second kappa shape index (κ2) is 9.05. The number of nitro groups is 1. The van der Waals surface area contributed by atoms with Crippen LogP contribution in [0.1, 0.15) is 26.3 Å². The summed E-state index contributed by atoms with van der Waals surface area (Å²) in [4.78, 5) is 33.9. The van der Waals surface area contributed by atoms with Crippen molar-refractivity contribution in [1.82, 2.24) is 5.32 Å². The first-order valence-corrected chi connectivity index (χ1v) is 7.94. The Morgan fingerprint density at radius 2 is 1.75 bits per heavy atom. The number of carbonyl (C=O) groups excluding carboxylic acids is 2. The number of nitro benzene ring substituents is 1. The zero-order chi connectivity index (χ0) is 20.7. The molecule has 0 saturated heterocycles. The predicted octanol–water partition coefficient (Wildman–Crippen LogP) is 1.49. The van der Waals surface area contributed by atoms with Crippen LogP contribution in [0, 0.1) is 22.0 Å². The highest BCUT2D eigenvalue weighted by molar-refractivity contribution is 5.99. The van der Waals surface area contributed by atoms with Crippen LogP contribution in [-0.4, -0.2) is 37.5 Å². The van der Waals surface area contributed by atoms with Gasteiger partial charge in [-0.1, -0.05) is 11.8 Å². The number of carbonyl (C=O) groups is 2. The fourth-order valence-corrected chi connectivity index (χ4v) is 2.28. The maximum Gasteiger partial charge on any atom is 0.286 e. The van der Waals surface area contributed by atoms with E-state index in [1.807, 2.05) is 0 Å². The molecule has 0 aliphatic heterocycles. The predicted molar refractivity (Wildman–Crippen MR) is 100 cm³/mol. The van der Waals surface area contributed by atoms with Crippen LogP contribution in [0.4, 0.5) is 5.69 Å². The number of hydrogen-bond donors (Lipinski definition) is 2. The van der Waals surface area contributed by atoms with Gasteiger partial charge in [0.15, 0.2) is 11.5 Å². The highest BCUT2D eigenvalue weighted by atomic mass is 16.6. The van der Waals surface area contributed by atoms with E-state index in [0.717, 1.165) is 6.07 Å². The van der Waals surface area contributed by atoms with Gasteiger partial charge in [-0.3, -0.25) is 19.7 Å². The monoisotopic (exact) mass is 383 g/mol. The molecule has 2 aromatic rings. The summed E-state index contributed by atoms with van der Waals surface area (Å²) in [5.41, 5.74) is 5.56. The average molecular weight is 383 g/mol. The van der Waals surface area contributed by atoms with E-state index in [2.05, 4.69) is 17.2 Å². The molecule has 28 heavy (non-hydrogen) atoms. The van der Waals surface area contributed by atoms with Crippen LogP contribution >= 0.6 is 0 Å². The van der Waals surface area contributed by atoms with E-state index < -0.39 is 22.4 Å². The lowest BCUT2D eigenvalue weighted by molar-refractivity contribution is -0.385. The van der Waals surface area contributed by atoms with Crippen molar-refractivity contribution < 1.29 is 24.0 Å². The Labute approximate surface area is 160 Å². The van der Waals surface area contributed by atoms with Gasteiger partial charge in [0.25, 0.3) is 11.6 Å². The Morgan fingerprint density at radius 1 is 1.14 bits per heavy atom. The van der Waals surface area contributed by atoms with Crippen molar-refractivity contribution >= 4 is 17.5 Å². The molecule has 0 aliphatic rings. The fraction of sp³-hybridized carbons (Fsp3) is 0.158. The first-order valence-electron chi connectivity index (χ1n) is 7.94. The summed E-state index contributed by atoms with van der Waals surface area (Å²) in [6.45, 7) is -0.0398. The number of primary amides is 1. The van der Waals surface area contributed by atoms with Crippen LogP contribution in [0.15, 0.2) is 36.4 Å². The van der Waals surface area contributed by atoms with Crippen molar-refractivity contribution in [3.8, 4) is 23.3 Å². The Morgan fingerprint density at radius 3 is 2.29 bits per heavy atom. The van der Waals surface area contributed by atoms with Gasteiger partial charge in [0.1, 0.15) is 5.56 Å². The molecule has 0 saturated carbocycles. The second-order valence-electron chi connectivity index (χ2n) is 5.41. The van der Waals surface area contributed by atoms with Gasteiger partial charge >= 0.3 is 0 Å². The molecule has 2 amide bonds. The van der Waals surface area contributed by atoms with Crippen LogP contribution in [0.25, 0.3) is 0 Å². The minimum Gasteiger partial charge on any atom is -0.493 e. The number of rotatable bonds is 6. The fourth-order valence-electron chi connectivity index (χ4n) is 2.28. The summed E-state index contributed by atoms with van der Waals surface area (Å²) in [5.74, 6) is 4.65. The summed E-state index contributed by atoms with van der Waals surface area (Å²) >= 11 is 0. The van der Waals surface area contributed by atoms with Crippen LogP contribution in [0.3, 0.4) is 0 Å². The van der Waals surface area contributed by atoms with Crippen molar-refractivity contribution in [1.29, 1.82) is 0 Å². The molecule has 0 aromatic heterocycles. The van der Waals surface area contributed by atoms with Crippen molar-refractivity contribution in [3.05, 3.63) is 63.2 Å². The normalized spacial score (nSPS) is 9.64. The van der Waals surface area contributed by atoms with Gasteiger partial charge in [-0.05, 0) is 24.3 Å². The van der Waals surface area contributed by atoms with Crippen LogP contribution in [-0.2, 0) is 0 Å². The van der Waals surface area contributed by atoms with E-state index in [9.17, 15) is 19.7 Å². The summed E-state index contributed by atoms with van der Waals surface area (Å²) in [5, 5.41) is 13.7. The molecule has 0 bridgehead atoms. The standard InChI is InChI=1S/C19H17N3O6/c1-27-16-10-14(15(22(25)26)11-17(16)28-2)19(24)21-9-3-4-12-5-7-13(8-6-12)18(20)23/h5-8,10-11H,9H2,1-2H3,(H2,20,23)(H,21,24). The molecular formula is C19H17N3O6. The van der Waals surface area contributed by atoms with Crippen molar-refractivity contribution in [2.24, 2.45) is 5.73 Å². The van der Waals surface area contributed by atoms with Crippen LogP contribution < -0.4 is 20.5 Å². The zero-order valence-electron chi connectivity index (χ0n) is 15.1. The third-order valence-corrected chi connectivity index (χ3v) is 3.68. The molecule has 0 aliphatic carbocycles. The molecule has 0 spiro atoms. The lowest BCUT2D eigenvalue weighted by atomic mass is 10.1. The largest absolute Gasteiger partial charge is 0.493 e. The number of hydrogen-bond acceptors (Lipinski definition) is 6. The number of ether oxygens (including phenoxy) is 2. The highest BCUT2D eigenvalue weighted by Gasteiger charge is 2.24. The van der Waals surface area contributed by atoms with Gasteiger partial charge in [-0.25, -0.2) is 0 Å². The lowest BCUT2D eigenvalue weighted by Crippen LogP contribution is -2.24.